The zero-order chi connectivity index (χ0) is 21.2. The van der Waals surface area contributed by atoms with Gasteiger partial charge in [-0.25, -0.2) is 0 Å². The average molecular weight is 406 g/mol. The van der Waals surface area contributed by atoms with Gasteiger partial charge >= 0.3 is 6.18 Å². The largest absolute Gasteiger partial charge is 0.483 e. The topological polar surface area (TPSA) is 67.4 Å². The molecule has 5 nitrogen and oxygen atoms in total. The van der Waals surface area contributed by atoms with Gasteiger partial charge in [0.2, 0.25) is 5.91 Å². The number of amides is 2. The molecule has 3 rings (SSSR count). The summed E-state index contributed by atoms with van der Waals surface area (Å²) in [6.07, 6.45) is -3.21. The van der Waals surface area contributed by atoms with E-state index in [1.807, 2.05) is 26.0 Å². The third kappa shape index (κ3) is 5.49. The van der Waals surface area contributed by atoms with E-state index in [2.05, 4.69) is 10.6 Å². The Hall–Kier alpha value is -3.03. The van der Waals surface area contributed by atoms with Gasteiger partial charge in [0.25, 0.3) is 5.91 Å². The maximum atomic E-state index is 13.4. The Balaban J connectivity index is 1.69. The van der Waals surface area contributed by atoms with Crippen molar-refractivity contribution in [1.82, 2.24) is 0 Å². The van der Waals surface area contributed by atoms with Crippen LogP contribution < -0.4 is 15.4 Å². The molecule has 2 N–H and O–H groups in total. The molecule has 0 atom stereocenters. The molecule has 0 unspecified atom stereocenters. The van der Waals surface area contributed by atoms with Crippen molar-refractivity contribution in [3.8, 4) is 5.75 Å². The zero-order valence-electron chi connectivity index (χ0n) is 16.0. The van der Waals surface area contributed by atoms with Gasteiger partial charge in [0.1, 0.15) is 5.75 Å². The van der Waals surface area contributed by atoms with Gasteiger partial charge in [-0.2, -0.15) is 13.2 Å². The summed E-state index contributed by atoms with van der Waals surface area (Å²) in [6.45, 7) is 3.30. The number of nitrogens with one attached hydrogen (secondary N) is 2. The van der Waals surface area contributed by atoms with Crippen molar-refractivity contribution in [2.75, 3.05) is 17.2 Å². The predicted octanol–water partition coefficient (Wildman–Crippen LogP) is 4.69. The molecule has 2 amide bonds. The van der Waals surface area contributed by atoms with Crippen LogP contribution >= 0.6 is 0 Å². The number of carbonyl (C=O) groups is 2. The predicted molar refractivity (Wildman–Crippen MR) is 103 cm³/mol. The van der Waals surface area contributed by atoms with Crippen LogP contribution in [-0.2, 0) is 15.8 Å². The number of anilines is 2. The number of halogens is 3. The third-order valence-corrected chi connectivity index (χ3v) is 4.50. The summed E-state index contributed by atoms with van der Waals surface area (Å²) < 4.78 is 45.7. The van der Waals surface area contributed by atoms with Crippen LogP contribution in [0.15, 0.2) is 36.4 Å². The van der Waals surface area contributed by atoms with Crippen LogP contribution in [0.25, 0.3) is 0 Å². The lowest BCUT2D eigenvalue weighted by molar-refractivity contribution is -0.137. The quantitative estimate of drug-likeness (QED) is 0.732. The van der Waals surface area contributed by atoms with E-state index in [9.17, 15) is 22.8 Å². The van der Waals surface area contributed by atoms with E-state index in [-0.39, 0.29) is 17.5 Å². The van der Waals surface area contributed by atoms with Crippen molar-refractivity contribution < 1.29 is 27.5 Å². The Morgan fingerprint density at radius 3 is 2.41 bits per heavy atom. The second-order valence-corrected chi connectivity index (χ2v) is 7.13. The number of ether oxygens (including phenoxy) is 1. The first-order valence-electron chi connectivity index (χ1n) is 9.15. The fraction of sp³-hybridized carbons (Fsp3) is 0.333. The summed E-state index contributed by atoms with van der Waals surface area (Å²) >= 11 is 0. The molecular weight excluding hydrogens is 385 g/mol. The van der Waals surface area contributed by atoms with E-state index < -0.39 is 29.9 Å². The molecule has 2 aromatic rings. The number of alkyl halides is 3. The van der Waals surface area contributed by atoms with Crippen LogP contribution in [0.3, 0.4) is 0 Å². The Bertz CT molecular complexity index is 937. The van der Waals surface area contributed by atoms with E-state index in [0.717, 1.165) is 36.1 Å². The van der Waals surface area contributed by atoms with Gasteiger partial charge in [-0.1, -0.05) is 17.7 Å². The third-order valence-electron chi connectivity index (χ3n) is 4.50. The summed E-state index contributed by atoms with van der Waals surface area (Å²) in [7, 11) is 0. The second kappa shape index (κ2) is 8.14. The Labute approximate surface area is 166 Å². The van der Waals surface area contributed by atoms with Crippen molar-refractivity contribution >= 4 is 23.2 Å². The number of carbonyl (C=O) groups excluding carboxylic acids is 2. The first-order chi connectivity index (χ1) is 13.6. The van der Waals surface area contributed by atoms with E-state index >= 15 is 0 Å². The van der Waals surface area contributed by atoms with Gasteiger partial charge < -0.3 is 15.4 Å². The van der Waals surface area contributed by atoms with Gasteiger partial charge in [-0.3, -0.25) is 9.59 Å². The highest BCUT2D eigenvalue weighted by Crippen LogP contribution is 2.37. The number of aryl methyl sites for hydroxylation is 2. The number of hydrogen-bond acceptors (Lipinski definition) is 3. The van der Waals surface area contributed by atoms with Gasteiger partial charge in [-0.05, 0) is 56.5 Å². The van der Waals surface area contributed by atoms with E-state index in [0.29, 0.717) is 5.75 Å². The first-order valence-corrected chi connectivity index (χ1v) is 9.15. The molecule has 0 radical (unpaired) electrons. The minimum atomic E-state index is -4.70. The van der Waals surface area contributed by atoms with Crippen molar-refractivity contribution in [2.45, 2.75) is 32.9 Å². The fourth-order valence-corrected chi connectivity index (χ4v) is 2.85. The number of benzene rings is 2. The molecular formula is C21H21F3N2O3. The summed E-state index contributed by atoms with van der Waals surface area (Å²) in [5.74, 6) is -0.659. The normalized spacial score (nSPS) is 13.7. The van der Waals surface area contributed by atoms with Crippen molar-refractivity contribution in [2.24, 2.45) is 5.92 Å². The zero-order valence-corrected chi connectivity index (χ0v) is 16.0. The molecule has 154 valence electrons. The van der Waals surface area contributed by atoms with Gasteiger partial charge in [0, 0.05) is 11.6 Å². The van der Waals surface area contributed by atoms with Crippen LogP contribution in [0.1, 0.15) is 29.5 Å². The molecule has 0 heterocycles. The lowest BCUT2D eigenvalue weighted by Gasteiger charge is -2.16. The highest BCUT2D eigenvalue weighted by atomic mass is 19.4. The molecule has 29 heavy (non-hydrogen) atoms. The minimum absolute atomic E-state index is 0.0405. The highest BCUT2D eigenvalue weighted by molar-refractivity contribution is 5.96. The molecule has 1 fully saturated rings. The molecule has 8 heteroatoms. The monoisotopic (exact) mass is 406 g/mol. The lowest BCUT2D eigenvalue weighted by atomic mass is 10.1. The van der Waals surface area contributed by atoms with Crippen molar-refractivity contribution in [1.29, 1.82) is 0 Å². The van der Waals surface area contributed by atoms with E-state index in [1.54, 1.807) is 6.07 Å². The summed E-state index contributed by atoms with van der Waals surface area (Å²) in [4.78, 5) is 23.9. The fourth-order valence-electron chi connectivity index (χ4n) is 2.85. The second-order valence-electron chi connectivity index (χ2n) is 7.13. The molecule has 1 aliphatic rings. The van der Waals surface area contributed by atoms with Crippen LogP contribution in [0.2, 0.25) is 0 Å². The van der Waals surface area contributed by atoms with Gasteiger partial charge in [0.05, 0.1) is 11.3 Å². The summed E-state index contributed by atoms with van der Waals surface area (Å²) in [6, 6.07) is 8.67. The highest BCUT2D eigenvalue weighted by Gasteiger charge is 2.35. The first kappa shape index (κ1) is 20.7. The molecule has 0 aromatic heterocycles. The summed E-state index contributed by atoms with van der Waals surface area (Å²) in [5.41, 5.74) is 0.466. The molecule has 0 bridgehead atoms. The Morgan fingerprint density at radius 1 is 1.07 bits per heavy atom. The SMILES string of the molecule is Cc1ccc(OCC(=O)Nc2ccc(NC(=O)C3CC3)cc2C(F)(F)F)c(C)c1. The molecule has 0 aliphatic heterocycles. The molecule has 0 saturated heterocycles. The van der Waals surface area contributed by atoms with Crippen LogP contribution in [0.5, 0.6) is 5.75 Å². The number of rotatable bonds is 6. The summed E-state index contributed by atoms with van der Waals surface area (Å²) in [5, 5.41) is 4.72. The van der Waals surface area contributed by atoms with Crippen molar-refractivity contribution in [3.63, 3.8) is 0 Å². The van der Waals surface area contributed by atoms with E-state index in [1.165, 1.54) is 6.07 Å². The van der Waals surface area contributed by atoms with E-state index in [4.69, 9.17) is 4.74 Å². The molecule has 2 aromatic carbocycles. The Morgan fingerprint density at radius 2 is 1.79 bits per heavy atom. The van der Waals surface area contributed by atoms with Gasteiger partial charge in [-0.15, -0.1) is 0 Å². The van der Waals surface area contributed by atoms with Crippen LogP contribution in [0.4, 0.5) is 24.5 Å². The molecule has 1 aliphatic carbocycles. The number of hydrogen-bond donors (Lipinski definition) is 2. The molecule has 1 saturated carbocycles. The lowest BCUT2D eigenvalue weighted by Crippen LogP contribution is -2.23. The van der Waals surface area contributed by atoms with Crippen LogP contribution in [-0.4, -0.2) is 18.4 Å². The maximum Gasteiger partial charge on any atom is 0.418 e. The van der Waals surface area contributed by atoms with Gasteiger partial charge in [0.15, 0.2) is 6.61 Å². The standard InChI is InChI=1S/C21H21F3N2O3/c1-12-3-8-18(13(2)9-12)29-11-19(27)26-17-7-6-15(10-16(17)21(22,23)24)25-20(28)14-4-5-14/h3,6-10,14H,4-5,11H2,1-2H3,(H,25,28)(H,26,27). The average Bonchev–Trinajstić information content (AvgIpc) is 3.46. The minimum Gasteiger partial charge on any atom is -0.483 e. The van der Waals surface area contributed by atoms with Crippen molar-refractivity contribution in [3.05, 3.63) is 53.1 Å². The Kier molecular flexibility index (Phi) is 5.81. The van der Waals surface area contributed by atoms with Crippen LogP contribution in [0, 0.1) is 19.8 Å². The maximum absolute atomic E-state index is 13.4. The smallest absolute Gasteiger partial charge is 0.418 e. The molecule has 0 spiro atoms.